The first-order valence-corrected chi connectivity index (χ1v) is 5.45. The van der Waals surface area contributed by atoms with Crippen LogP contribution in [0.3, 0.4) is 0 Å². The Balaban J connectivity index is 2.10. The van der Waals surface area contributed by atoms with Crippen LogP contribution in [-0.4, -0.2) is 12.1 Å². The second-order valence-corrected chi connectivity index (χ2v) is 4.30. The Morgan fingerprint density at radius 3 is 2.80 bits per heavy atom. The zero-order valence-corrected chi connectivity index (χ0v) is 8.96. The van der Waals surface area contributed by atoms with Crippen molar-refractivity contribution < 1.29 is 4.39 Å². The molecule has 0 aliphatic heterocycles. The molecule has 1 saturated carbocycles. The predicted molar refractivity (Wildman–Crippen MR) is 60.4 cm³/mol. The van der Waals surface area contributed by atoms with E-state index < -0.39 is 0 Å². The third kappa shape index (κ3) is 2.29. The van der Waals surface area contributed by atoms with Gasteiger partial charge in [-0.15, -0.1) is 0 Å². The molecule has 1 aromatic rings. The maximum atomic E-state index is 12.9. The number of halogens is 1. The number of rotatable bonds is 2. The lowest BCUT2D eigenvalue weighted by Gasteiger charge is -2.20. The van der Waals surface area contributed by atoms with E-state index in [1.54, 1.807) is 12.1 Å². The average molecular weight is 208 g/mol. The first kappa shape index (κ1) is 10.4. The Morgan fingerprint density at radius 2 is 2.20 bits per heavy atom. The molecule has 2 nitrogen and oxygen atoms in total. The van der Waals surface area contributed by atoms with Gasteiger partial charge in [-0.25, -0.2) is 4.39 Å². The van der Waals surface area contributed by atoms with Crippen LogP contribution in [-0.2, 0) is 0 Å². The van der Waals surface area contributed by atoms with E-state index in [1.807, 2.05) is 6.92 Å². The molecule has 0 amide bonds. The molecular formula is C12H17FN2. The standard InChI is InChI=1S/C12H17FN2/c1-8-7-9(13)5-6-11(8)15-12-4-2-3-10(12)14/h5-7,10,12,15H,2-4,14H2,1H3. The molecule has 0 radical (unpaired) electrons. The molecule has 1 aromatic carbocycles. The van der Waals surface area contributed by atoms with E-state index in [9.17, 15) is 4.39 Å². The minimum atomic E-state index is -0.186. The normalized spacial score (nSPS) is 25.5. The minimum Gasteiger partial charge on any atom is -0.381 e. The van der Waals surface area contributed by atoms with Crippen molar-refractivity contribution in [3.63, 3.8) is 0 Å². The summed E-state index contributed by atoms with van der Waals surface area (Å²) in [6.45, 7) is 1.91. The second-order valence-electron chi connectivity index (χ2n) is 4.30. The third-order valence-corrected chi connectivity index (χ3v) is 3.10. The molecule has 2 unspecified atom stereocenters. The van der Waals surface area contributed by atoms with E-state index in [4.69, 9.17) is 5.73 Å². The smallest absolute Gasteiger partial charge is 0.123 e. The molecule has 2 atom stereocenters. The molecule has 0 heterocycles. The summed E-state index contributed by atoms with van der Waals surface area (Å²) in [5, 5.41) is 3.39. The fourth-order valence-electron chi connectivity index (χ4n) is 2.16. The quantitative estimate of drug-likeness (QED) is 0.783. The highest BCUT2D eigenvalue weighted by molar-refractivity contribution is 5.51. The molecule has 3 heteroatoms. The van der Waals surface area contributed by atoms with Crippen molar-refractivity contribution in [2.75, 3.05) is 5.32 Å². The molecule has 0 spiro atoms. The van der Waals surface area contributed by atoms with Gasteiger partial charge >= 0.3 is 0 Å². The van der Waals surface area contributed by atoms with Crippen molar-refractivity contribution in [2.24, 2.45) is 5.73 Å². The Kier molecular flexibility index (Phi) is 2.91. The van der Waals surface area contributed by atoms with Gasteiger partial charge in [0.1, 0.15) is 5.82 Å². The van der Waals surface area contributed by atoms with Crippen molar-refractivity contribution in [2.45, 2.75) is 38.3 Å². The van der Waals surface area contributed by atoms with Crippen LogP contribution in [0.1, 0.15) is 24.8 Å². The summed E-state index contributed by atoms with van der Waals surface area (Å²) in [6, 6.07) is 5.39. The Bertz CT molecular complexity index is 351. The first-order valence-electron chi connectivity index (χ1n) is 5.45. The number of anilines is 1. The van der Waals surface area contributed by atoms with Crippen LogP contribution in [0.4, 0.5) is 10.1 Å². The zero-order chi connectivity index (χ0) is 10.8. The molecule has 0 saturated heterocycles. The Labute approximate surface area is 89.7 Å². The summed E-state index contributed by atoms with van der Waals surface area (Å²) in [5.41, 5.74) is 7.91. The van der Waals surface area contributed by atoms with Crippen LogP contribution >= 0.6 is 0 Å². The van der Waals surface area contributed by atoms with Gasteiger partial charge in [0, 0.05) is 17.8 Å². The van der Waals surface area contributed by atoms with E-state index in [2.05, 4.69) is 5.32 Å². The highest BCUT2D eigenvalue weighted by atomic mass is 19.1. The van der Waals surface area contributed by atoms with Crippen LogP contribution in [0, 0.1) is 12.7 Å². The van der Waals surface area contributed by atoms with Crippen LogP contribution in [0.5, 0.6) is 0 Å². The van der Waals surface area contributed by atoms with E-state index >= 15 is 0 Å². The summed E-state index contributed by atoms with van der Waals surface area (Å²) < 4.78 is 12.9. The maximum absolute atomic E-state index is 12.9. The van der Waals surface area contributed by atoms with Gasteiger partial charge in [-0.1, -0.05) is 0 Å². The monoisotopic (exact) mass is 208 g/mol. The topological polar surface area (TPSA) is 38.0 Å². The van der Waals surface area contributed by atoms with Crippen LogP contribution in [0.25, 0.3) is 0 Å². The van der Waals surface area contributed by atoms with Crippen molar-refractivity contribution in [1.29, 1.82) is 0 Å². The second kappa shape index (κ2) is 4.19. The molecule has 2 rings (SSSR count). The largest absolute Gasteiger partial charge is 0.381 e. The van der Waals surface area contributed by atoms with Gasteiger partial charge in [0.15, 0.2) is 0 Å². The van der Waals surface area contributed by atoms with Crippen molar-refractivity contribution in [3.05, 3.63) is 29.6 Å². The zero-order valence-electron chi connectivity index (χ0n) is 8.96. The van der Waals surface area contributed by atoms with Crippen molar-refractivity contribution in [3.8, 4) is 0 Å². The molecule has 1 aliphatic rings. The van der Waals surface area contributed by atoms with Gasteiger partial charge in [-0.05, 0) is 49.9 Å². The lowest BCUT2D eigenvalue weighted by Crippen LogP contribution is -2.35. The highest BCUT2D eigenvalue weighted by Crippen LogP contribution is 2.23. The number of hydrogen-bond acceptors (Lipinski definition) is 2. The first-order chi connectivity index (χ1) is 7.16. The van der Waals surface area contributed by atoms with Gasteiger partial charge in [0.25, 0.3) is 0 Å². The van der Waals surface area contributed by atoms with E-state index in [1.165, 1.54) is 12.5 Å². The number of hydrogen-bond donors (Lipinski definition) is 2. The van der Waals surface area contributed by atoms with E-state index in [0.29, 0.717) is 6.04 Å². The molecule has 0 aromatic heterocycles. The molecule has 82 valence electrons. The number of benzene rings is 1. The molecule has 15 heavy (non-hydrogen) atoms. The lowest BCUT2D eigenvalue weighted by molar-refractivity contribution is 0.623. The SMILES string of the molecule is Cc1cc(F)ccc1NC1CCCC1N. The molecule has 1 aliphatic carbocycles. The van der Waals surface area contributed by atoms with Crippen LogP contribution in [0.15, 0.2) is 18.2 Å². The lowest BCUT2D eigenvalue weighted by atomic mass is 10.1. The number of nitrogens with one attached hydrogen (secondary N) is 1. The summed E-state index contributed by atoms with van der Waals surface area (Å²) in [4.78, 5) is 0. The fraction of sp³-hybridized carbons (Fsp3) is 0.500. The van der Waals surface area contributed by atoms with Crippen molar-refractivity contribution >= 4 is 5.69 Å². The van der Waals surface area contributed by atoms with Crippen LogP contribution < -0.4 is 11.1 Å². The average Bonchev–Trinajstić information content (AvgIpc) is 2.57. The molecule has 0 bridgehead atoms. The summed E-state index contributed by atoms with van der Waals surface area (Å²) >= 11 is 0. The molecule has 1 fully saturated rings. The number of nitrogens with two attached hydrogens (primary N) is 1. The predicted octanol–water partition coefficient (Wildman–Crippen LogP) is 2.43. The Hall–Kier alpha value is -1.09. The fourth-order valence-corrected chi connectivity index (χ4v) is 2.16. The molecule has 3 N–H and O–H groups in total. The molecular weight excluding hydrogens is 191 g/mol. The third-order valence-electron chi connectivity index (χ3n) is 3.10. The van der Waals surface area contributed by atoms with E-state index in [0.717, 1.165) is 24.1 Å². The van der Waals surface area contributed by atoms with Gasteiger partial charge < -0.3 is 11.1 Å². The summed E-state index contributed by atoms with van der Waals surface area (Å²) in [6.07, 6.45) is 3.37. The minimum absolute atomic E-state index is 0.186. The van der Waals surface area contributed by atoms with Gasteiger partial charge in [-0.2, -0.15) is 0 Å². The highest BCUT2D eigenvalue weighted by Gasteiger charge is 2.23. The van der Waals surface area contributed by atoms with E-state index in [-0.39, 0.29) is 11.9 Å². The van der Waals surface area contributed by atoms with Gasteiger partial charge in [0.2, 0.25) is 0 Å². The summed E-state index contributed by atoms with van der Waals surface area (Å²) in [5.74, 6) is -0.186. The van der Waals surface area contributed by atoms with Crippen molar-refractivity contribution in [1.82, 2.24) is 0 Å². The maximum Gasteiger partial charge on any atom is 0.123 e. The van der Waals surface area contributed by atoms with Crippen LogP contribution in [0.2, 0.25) is 0 Å². The Morgan fingerprint density at radius 1 is 1.40 bits per heavy atom. The van der Waals surface area contributed by atoms with Gasteiger partial charge in [-0.3, -0.25) is 0 Å². The summed E-state index contributed by atoms with van der Waals surface area (Å²) in [7, 11) is 0. The number of aryl methyl sites for hydroxylation is 1. The van der Waals surface area contributed by atoms with Gasteiger partial charge in [0.05, 0.1) is 0 Å².